The fourth-order valence-corrected chi connectivity index (χ4v) is 2.97. The van der Waals surface area contributed by atoms with Crippen molar-refractivity contribution in [3.8, 4) is 0 Å². The Balaban J connectivity index is 1.60. The lowest BCUT2D eigenvalue weighted by Crippen LogP contribution is -2.51. The molecule has 0 amide bonds. The van der Waals surface area contributed by atoms with Crippen LogP contribution in [0.2, 0.25) is 0 Å². The topological polar surface area (TPSA) is 96.4 Å². The quantitative estimate of drug-likeness (QED) is 0.611. The van der Waals surface area contributed by atoms with E-state index in [9.17, 15) is 0 Å². The minimum absolute atomic E-state index is 0.332. The molecule has 25 heavy (non-hydrogen) atoms. The van der Waals surface area contributed by atoms with Crippen LogP contribution in [0.1, 0.15) is 31.5 Å². The second-order valence-corrected chi connectivity index (χ2v) is 6.23. The van der Waals surface area contributed by atoms with Gasteiger partial charge in [0.15, 0.2) is 11.8 Å². The number of hydrogen-bond acceptors (Lipinski definition) is 6. The summed E-state index contributed by atoms with van der Waals surface area (Å²) in [5.41, 5.74) is 1.17. The predicted octanol–water partition coefficient (Wildman–Crippen LogP) is 0.836. The smallest absolute Gasteiger partial charge is 0.223 e. The maximum Gasteiger partial charge on any atom is 0.223 e. The molecular formula is C16H26N8O. The van der Waals surface area contributed by atoms with Crippen LogP contribution >= 0.6 is 0 Å². The lowest BCUT2D eigenvalue weighted by atomic mass is 10.1. The lowest BCUT2D eigenvalue weighted by molar-refractivity contribution is 0.387. The summed E-state index contributed by atoms with van der Waals surface area (Å²) >= 11 is 0. The molecule has 9 heteroatoms. The van der Waals surface area contributed by atoms with Crippen molar-refractivity contribution in [2.75, 3.05) is 24.5 Å². The minimum atomic E-state index is 0.332. The molecule has 2 aromatic heterocycles. The van der Waals surface area contributed by atoms with Crippen LogP contribution in [-0.2, 0) is 13.6 Å². The number of hydrogen-bond donors (Lipinski definition) is 2. The van der Waals surface area contributed by atoms with Crippen LogP contribution in [0.5, 0.6) is 0 Å². The molecule has 9 nitrogen and oxygen atoms in total. The molecule has 0 unspecified atom stereocenters. The second kappa shape index (κ2) is 8.00. The number of nitrogens with one attached hydrogen (secondary N) is 2. The van der Waals surface area contributed by atoms with E-state index in [1.807, 2.05) is 17.9 Å². The average molecular weight is 346 g/mol. The van der Waals surface area contributed by atoms with Gasteiger partial charge in [0.1, 0.15) is 6.54 Å². The van der Waals surface area contributed by atoms with Gasteiger partial charge in [0, 0.05) is 45.8 Å². The normalized spacial score (nSPS) is 18.4. The SMILES string of the molecule is CCNC(=NCc1noc(C)n1)N[C@H]1CCCN(c2cnn(C)c2)C1. The van der Waals surface area contributed by atoms with Gasteiger partial charge in [0.05, 0.1) is 11.9 Å². The zero-order chi connectivity index (χ0) is 17.6. The molecule has 1 aliphatic rings. The number of aryl methyl sites for hydroxylation is 2. The molecule has 2 aromatic rings. The Morgan fingerprint density at radius 1 is 1.48 bits per heavy atom. The van der Waals surface area contributed by atoms with Crippen molar-refractivity contribution in [1.82, 2.24) is 30.6 Å². The third kappa shape index (κ3) is 4.71. The second-order valence-electron chi connectivity index (χ2n) is 6.23. The summed E-state index contributed by atoms with van der Waals surface area (Å²) in [7, 11) is 1.94. The molecule has 0 aromatic carbocycles. The van der Waals surface area contributed by atoms with Crippen LogP contribution in [0.15, 0.2) is 21.9 Å². The van der Waals surface area contributed by atoms with E-state index in [0.29, 0.717) is 24.3 Å². The Morgan fingerprint density at radius 3 is 3.04 bits per heavy atom. The Kier molecular flexibility index (Phi) is 5.52. The molecule has 0 radical (unpaired) electrons. The maximum atomic E-state index is 4.99. The number of rotatable bonds is 5. The first-order valence-electron chi connectivity index (χ1n) is 8.71. The van der Waals surface area contributed by atoms with E-state index in [1.165, 1.54) is 5.69 Å². The van der Waals surface area contributed by atoms with E-state index in [1.54, 1.807) is 6.92 Å². The monoisotopic (exact) mass is 346 g/mol. The molecular weight excluding hydrogens is 320 g/mol. The van der Waals surface area contributed by atoms with Gasteiger partial charge >= 0.3 is 0 Å². The molecule has 0 saturated carbocycles. The molecule has 0 aliphatic carbocycles. The first kappa shape index (κ1) is 17.2. The largest absolute Gasteiger partial charge is 0.367 e. The number of piperidine rings is 1. The zero-order valence-corrected chi connectivity index (χ0v) is 15.1. The third-order valence-electron chi connectivity index (χ3n) is 4.11. The lowest BCUT2D eigenvalue weighted by Gasteiger charge is -2.34. The van der Waals surface area contributed by atoms with Crippen molar-refractivity contribution in [3.05, 3.63) is 24.1 Å². The van der Waals surface area contributed by atoms with Crippen molar-refractivity contribution in [3.63, 3.8) is 0 Å². The van der Waals surface area contributed by atoms with Gasteiger partial charge in [-0.3, -0.25) is 4.68 Å². The van der Waals surface area contributed by atoms with Crippen LogP contribution in [0, 0.1) is 6.92 Å². The fraction of sp³-hybridized carbons (Fsp3) is 0.625. The van der Waals surface area contributed by atoms with Gasteiger partial charge in [-0.2, -0.15) is 10.1 Å². The van der Waals surface area contributed by atoms with Crippen LogP contribution in [0.4, 0.5) is 5.69 Å². The van der Waals surface area contributed by atoms with E-state index >= 15 is 0 Å². The highest BCUT2D eigenvalue weighted by Gasteiger charge is 2.21. The molecule has 3 rings (SSSR count). The van der Waals surface area contributed by atoms with E-state index in [0.717, 1.165) is 38.4 Å². The van der Waals surface area contributed by atoms with Crippen molar-refractivity contribution in [1.29, 1.82) is 0 Å². The van der Waals surface area contributed by atoms with E-state index in [-0.39, 0.29) is 0 Å². The van der Waals surface area contributed by atoms with Gasteiger partial charge in [-0.15, -0.1) is 0 Å². The number of nitrogens with zero attached hydrogens (tertiary/aromatic N) is 6. The Bertz CT molecular complexity index is 707. The van der Waals surface area contributed by atoms with Crippen LogP contribution in [-0.4, -0.2) is 51.6 Å². The summed E-state index contributed by atoms with van der Waals surface area (Å²) in [6.45, 7) is 7.01. The maximum absolute atomic E-state index is 4.99. The molecule has 2 N–H and O–H groups in total. The summed E-state index contributed by atoms with van der Waals surface area (Å²) in [4.78, 5) is 11.1. The van der Waals surface area contributed by atoms with Gasteiger partial charge < -0.3 is 20.1 Å². The highest BCUT2D eigenvalue weighted by molar-refractivity contribution is 5.80. The summed E-state index contributed by atoms with van der Waals surface area (Å²) in [5.74, 6) is 1.93. The van der Waals surface area contributed by atoms with Crippen LogP contribution < -0.4 is 15.5 Å². The molecule has 1 fully saturated rings. The highest BCUT2D eigenvalue weighted by atomic mass is 16.5. The van der Waals surface area contributed by atoms with Gasteiger partial charge in [0.25, 0.3) is 0 Å². The summed E-state index contributed by atoms with van der Waals surface area (Å²) < 4.78 is 6.82. The summed E-state index contributed by atoms with van der Waals surface area (Å²) in [5, 5.41) is 15.0. The molecule has 136 valence electrons. The zero-order valence-electron chi connectivity index (χ0n) is 15.1. The number of guanidine groups is 1. The van der Waals surface area contributed by atoms with Crippen molar-refractivity contribution >= 4 is 11.6 Å². The van der Waals surface area contributed by atoms with Gasteiger partial charge in [-0.1, -0.05) is 5.16 Å². The first-order chi connectivity index (χ1) is 12.1. The molecule has 0 spiro atoms. The Morgan fingerprint density at radius 2 is 2.36 bits per heavy atom. The van der Waals surface area contributed by atoms with Gasteiger partial charge in [-0.25, -0.2) is 4.99 Å². The molecule has 1 atom stereocenters. The van der Waals surface area contributed by atoms with Gasteiger partial charge in [-0.05, 0) is 19.8 Å². The van der Waals surface area contributed by atoms with Crippen LogP contribution in [0.25, 0.3) is 0 Å². The third-order valence-corrected chi connectivity index (χ3v) is 4.11. The van der Waals surface area contributed by atoms with Crippen molar-refractivity contribution in [2.24, 2.45) is 12.0 Å². The Hall–Kier alpha value is -2.58. The molecule has 1 aliphatic heterocycles. The predicted molar refractivity (Wildman–Crippen MR) is 95.4 cm³/mol. The minimum Gasteiger partial charge on any atom is -0.367 e. The van der Waals surface area contributed by atoms with Crippen LogP contribution in [0.3, 0.4) is 0 Å². The number of anilines is 1. The highest BCUT2D eigenvalue weighted by Crippen LogP contribution is 2.18. The number of aliphatic imine (C=N–C) groups is 1. The molecule has 1 saturated heterocycles. The summed E-state index contributed by atoms with van der Waals surface area (Å²) in [6.07, 6.45) is 6.22. The standard InChI is InChI=1S/C16H26N8O/c1-4-17-16(18-9-15-20-12(2)25-22-15)21-13-6-5-7-24(10-13)14-8-19-23(3)11-14/h8,11,13H,4-7,9-10H2,1-3H3,(H2,17,18,21)/t13-/m0/s1. The first-order valence-corrected chi connectivity index (χ1v) is 8.71. The molecule has 3 heterocycles. The fourth-order valence-electron chi connectivity index (χ4n) is 2.97. The van der Waals surface area contributed by atoms with Gasteiger partial charge in [0.2, 0.25) is 5.89 Å². The van der Waals surface area contributed by atoms with E-state index in [2.05, 4.69) is 48.9 Å². The van der Waals surface area contributed by atoms with Crippen molar-refractivity contribution in [2.45, 2.75) is 39.3 Å². The summed E-state index contributed by atoms with van der Waals surface area (Å²) in [6, 6.07) is 0.332. The molecule has 0 bridgehead atoms. The number of aromatic nitrogens is 4. The van der Waals surface area contributed by atoms with E-state index < -0.39 is 0 Å². The van der Waals surface area contributed by atoms with E-state index in [4.69, 9.17) is 4.52 Å². The Labute approximate surface area is 147 Å². The van der Waals surface area contributed by atoms with Crippen molar-refractivity contribution < 1.29 is 4.52 Å². The average Bonchev–Trinajstić information content (AvgIpc) is 3.21.